The van der Waals surface area contributed by atoms with Gasteiger partial charge in [-0.3, -0.25) is 0 Å². The molecular formula is C9H14BrN3. The molecule has 72 valence electrons. The van der Waals surface area contributed by atoms with Crippen LogP contribution in [0.3, 0.4) is 0 Å². The van der Waals surface area contributed by atoms with Gasteiger partial charge in [0.2, 0.25) is 0 Å². The number of azide groups is 1. The number of fused-ring (bicyclic) bond motifs is 2. The van der Waals surface area contributed by atoms with Crippen molar-refractivity contribution >= 4 is 15.9 Å². The van der Waals surface area contributed by atoms with E-state index < -0.39 is 0 Å². The highest BCUT2D eigenvalue weighted by Gasteiger charge is 2.36. The number of hydrogen-bond acceptors (Lipinski definition) is 1. The van der Waals surface area contributed by atoms with E-state index in [1.54, 1.807) is 0 Å². The Kier molecular flexibility index (Phi) is 2.80. The van der Waals surface area contributed by atoms with Gasteiger partial charge in [-0.05, 0) is 49.5 Å². The van der Waals surface area contributed by atoms with E-state index in [4.69, 9.17) is 5.53 Å². The van der Waals surface area contributed by atoms with Crippen molar-refractivity contribution in [3.8, 4) is 0 Å². The van der Waals surface area contributed by atoms with Gasteiger partial charge in [0.15, 0.2) is 0 Å². The topological polar surface area (TPSA) is 48.8 Å². The van der Waals surface area contributed by atoms with Gasteiger partial charge in [-0.1, -0.05) is 21.0 Å². The van der Waals surface area contributed by atoms with Crippen LogP contribution >= 0.6 is 15.9 Å². The van der Waals surface area contributed by atoms with E-state index >= 15 is 0 Å². The molecule has 2 aliphatic rings. The lowest BCUT2D eigenvalue weighted by Crippen LogP contribution is -2.14. The van der Waals surface area contributed by atoms with E-state index in [9.17, 15) is 0 Å². The van der Waals surface area contributed by atoms with Crippen molar-refractivity contribution in [1.82, 2.24) is 0 Å². The zero-order chi connectivity index (χ0) is 9.26. The predicted molar refractivity (Wildman–Crippen MR) is 55.7 cm³/mol. The number of rotatable bonds is 1. The number of alkyl halides is 1. The van der Waals surface area contributed by atoms with Gasteiger partial charge in [-0.25, -0.2) is 0 Å². The molecule has 2 fully saturated rings. The van der Waals surface area contributed by atoms with Gasteiger partial charge in [0.25, 0.3) is 0 Å². The van der Waals surface area contributed by atoms with Crippen molar-refractivity contribution in [3.05, 3.63) is 10.4 Å². The third-order valence-corrected chi connectivity index (χ3v) is 4.71. The Balaban J connectivity index is 2.11. The van der Waals surface area contributed by atoms with Crippen LogP contribution in [-0.2, 0) is 0 Å². The average Bonchev–Trinajstić information content (AvgIpc) is 2.54. The molecule has 0 aromatic carbocycles. The first-order valence-corrected chi connectivity index (χ1v) is 5.91. The molecule has 0 radical (unpaired) electrons. The molecule has 2 bridgehead atoms. The van der Waals surface area contributed by atoms with E-state index in [-0.39, 0.29) is 6.04 Å². The van der Waals surface area contributed by atoms with Crippen LogP contribution in [0.5, 0.6) is 0 Å². The lowest BCUT2D eigenvalue weighted by molar-refractivity contribution is 0.417. The minimum Gasteiger partial charge on any atom is -0.0903 e. The van der Waals surface area contributed by atoms with Crippen molar-refractivity contribution in [2.75, 3.05) is 0 Å². The van der Waals surface area contributed by atoms with Gasteiger partial charge in [0.05, 0.1) is 0 Å². The molecule has 0 N–H and O–H groups in total. The monoisotopic (exact) mass is 243 g/mol. The molecule has 4 atom stereocenters. The highest BCUT2D eigenvalue weighted by Crippen LogP contribution is 2.44. The van der Waals surface area contributed by atoms with Gasteiger partial charge in [-0.15, -0.1) is 0 Å². The summed E-state index contributed by atoms with van der Waals surface area (Å²) in [6, 6.07) is 0.276. The smallest absolute Gasteiger partial charge is 0.0402 e. The van der Waals surface area contributed by atoms with Crippen LogP contribution in [0.25, 0.3) is 10.4 Å². The fraction of sp³-hybridized carbons (Fsp3) is 1.00. The molecule has 4 unspecified atom stereocenters. The molecule has 0 saturated heterocycles. The third-order valence-electron chi connectivity index (χ3n) is 3.51. The van der Waals surface area contributed by atoms with Crippen LogP contribution in [-0.4, -0.2) is 10.9 Å². The molecule has 13 heavy (non-hydrogen) atoms. The average molecular weight is 244 g/mol. The molecule has 0 heterocycles. The van der Waals surface area contributed by atoms with Crippen LogP contribution in [0.4, 0.5) is 0 Å². The van der Waals surface area contributed by atoms with Crippen molar-refractivity contribution in [3.63, 3.8) is 0 Å². The normalized spacial score (nSPS) is 43.8. The molecule has 2 saturated carbocycles. The second kappa shape index (κ2) is 3.89. The van der Waals surface area contributed by atoms with E-state index in [1.165, 1.54) is 25.7 Å². The maximum absolute atomic E-state index is 8.45. The summed E-state index contributed by atoms with van der Waals surface area (Å²) in [6.45, 7) is 0. The molecule has 0 spiro atoms. The molecule has 2 aliphatic carbocycles. The first kappa shape index (κ1) is 9.35. The molecule has 0 aromatic heterocycles. The Morgan fingerprint density at radius 2 is 1.92 bits per heavy atom. The van der Waals surface area contributed by atoms with Crippen LogP contribution < -0.4 is 0 Å². The minimum absolute atomic E-state index is 0.276. The molecule has 3 nitrogen and oxygen atoms in total. The number of halogens is 1. The largest absolute Gasteiger partial charge is 0.0903 e. The first-order chi connectivity index (χ1) is 6.31. The predicted octanol–water partition coefficient (Wildman–Crippen LogP) is 3.64. The van der Waals surface area contributed by atoms with Crippen LogP contribution in [0.15, 0.2) is 5.11 Å². The minimum atomic E-state index is 0.276. The Morgan fingerprint density at radius 3 is 2.69 bits per heavy atom. The fourth-order valence-electron chi connectivity index (χ4n) is 2.75. The fourth-order valence-corrected chi connectivity index (χ4v) is 3.49. The van der Waals surface area contributed by atoms with Gasteiger partial charge < -0.3 is 0 Å². The SMILES string of the molecule is [N-]=[N+]=NC1CCC(Br)C2CCC1C2. The summed E-state index contributed by atoms with van der Waals surface area (Å²) in [5.41, 5.74) is 8.45. The maximum Gasteiger partial charge on any atom is 0.0402 e. The van der Waals surface area contributed by atoms with Gasteiger partial charge in [-0.2, -0.15) is 0 Å². The second-order valence-corrected chi connectivity index (χ2v) is 5.37. The number of hydrogen-bond donors (Lipinski definition) is 0. The summed E-state index contributed by atoms with van der Waals surface area (Å²) in [4.78, 5) is 3.62. The van der Waals surface area contributed by atoms with Crippen LogP contribution in [0.2, 0.25) is 0 Å². The summed E-state index contributed by atoms with van der Waals surface area (Å²) in [7, 11) is 0. The maximum atomic E-state index is 8.45. The highest BCUT2D eigenvalue weighted by molar-refractivity contribution is 9.09. The van der Waals surface area contributed by atoms with Gasteiger partial charge in [0, 0.05) is 15.8 Å². The summed E-state index contributed by atoms with van der Waals surface area (Å²) < 4.78 is 0. The summed E-state index contributed by atoms with van der Waals surface area (Å²) in [6.07, 6.45) is 6.08. The van der Waals surface area contributed by atoms with Gasteiger partial charge in [0.1, 0.15) is 0 Å². The molecule has 0 aliphatic heterocycles. The van der Waals surface area contributed by atoms with Crippen molar-refractivity contribution in [1.29, 1.82) is 0 Å². The van der Waals surface area contributed by atoms with Crippen LogP contribution in [0.1, 0.15) is 32.1 Å². The van der Waals surface area contributed by atoms with Gasteiger partial charge >= 0.3 is 0 Å². The van der Waals surface area contributed by atoms with Crippen molar-refractivity contribution in [2.24, 2.45) is 17.0 Å². The van der Waals surface area contributed by atoms with E-state index in [0.29, 0.717) is 10.7 Å². The van der Waals surface area contributed by atoms with E-state index in [0.717, 1.165) is 12.3 Å². The van der Waals surface area contributed by atoms with Crippen molar-refractivity contribution in [2.45, 2.75) is 43.0 Å². The lowest BCUT2D eigenvalue weighted by atomic mass is 9.96. The first-order valence-electron chi connectivity index (χ1n) is 4.99. The Morgan fingerprint density at radius 1 is 1.15 bits per heavy atom. The van der Waals surface area contributed by atoms with Crippen molar-refractivity contribution < 1.29 is 0 Å². The lowest BCUT2D eigenvalue weighted by Gasteiger charge is -2.17. The highest BCUT2D eigenvalue weighted by atomic mass is 79.9. The number of nitrogens with zero attached hydrogens (tertiary/aromatic N) is 3. The van der Waals surface area contributed by atoms with E-state index in [2.05, 4.69) is 26.0 Å². The second-order valence-electron chi connectivity index (χ2n) is 4.20. The molecule has 0 aromatic rings. The quantitative estimate of drug-likeness (QED) is 0.292. The van der Waals surface area contributed by atoms with E-state index in [1.807, 2.05) is 0 Å². The third kappa shape index (κ3) is 1.84. The Hall–Kier alpha value is -0.210. The zero-order valence-corrected chi connectivity index (χ0v) is 9.15. The molecule has 4 heteroatoms. The summed E-state index contributed by atoms with van der Waals surface area (Å²) in [5.74, 6) is 1.51. The van der Waals surface area contributed by atoms with Crippen LogP contribution in [0, 0.1) is 11.8 Å². The molecule has 0 amide bonds. The standard InChI is InChI=1S/C9H14BrN3/c10-8-3-4-9(12-13-11)7-2-1-6(8)5-7/h6-9H,1-5H2. The molecular weight excluding hydrogens is 230 g/mol. The Bertz CT molecular complexity index is 237. The zero-order valence-electron chi connectivity index (χ0n) is 7.56. The Labute approximate surface area is 86.6 Å². The summed E-state index contributed by atoms with van der Waals surface area (Å²) in [5, 5.41) is 3.92. The summed E-state index contributed by atoms with van der Waals surface area (Å²) >= 11 is 3.74. The molecule has 2 rings (SSSR count).